The number of carbonyl (C=O) groups excluding carboxylic acids is 1. The highest BCUT2D eigenvalue weighted by atomic mass is 35.5. The van der Waals surface area contributed by atoms with Gasteiger partial charge in [-0.15, -0.1) is 12.4 Å². The first-order valence-corrected chi connectivity index (χ1v) is 7.21. The van der Waals surface area contributed by atoms with Crippen molar-refractivity contribution in [1.82, 2.24) is 4.90 Å². The van der Waals surface area contributed by atoms with E-state index >= 15 is 0 Å². The van der Waals surface area contributed by atoms with Gasteiger partial charge in [0.15, 0.2) is 0 Å². The number of aryl methyl sites for hydroxylation is 2. The Hall–Kier alpha value is -1.06. The molecule has 2 N–H and O–H groups in total. The molecule has 1 aromatic carbocycles. The highest BCUT2D eigenvalue weighted by molar-refractivity contribution is 5.94. The lowest BCUT2D eigenvalue weighted by atomic mass is 9.97. The fraction of sp³-hybridized carbons (Fsp3) is 0.562. The summed E-state index contributed by atoms with van der Waals surface area (Å²) in [5.74, 6) is 0.171. The molecule has 0 aliphatic carbocycles. The van der Waals surface area contributed by atoms with Crippen molar-refractivity contribution in [2.24, 2.45) is 5.73 Å². The Bertz CT molecular complexity index is 440. The van der Waals surface area contributed by atoms with Crippen LogP contribution in [0.1, 0.15) is 47.2 Å². The van der Waals surface area contributed by atoms with Crippen LogP contribution in [0.5, 0.6) is 0 Å². The van der Waals surface area contributed by atoms with Crippen LogP contribution in [0.2, 0.25) is 0 Å². The van der Waals surface area contributed by atoms with E-state index in [0.29, 0.717) is 12.6 Å². The van der Waals surface area contributed by atoms with Crippen molar-refractivity contribution in [3.63, 3.8) is 0 Å². The third-order valence-corrected chi connectivity index (χ3v) is 3.86. The largest absolute Gasteiger partial charge is 0.336 e. The Morgan fingerprint density at radius 3 is 2.50 bits per heavy atom. The highest BCUT2D eigenvalue weighted by Gasteiger charge is 2.26. The second kappa shape index (κ2) is 7.65. The molecular weight excluding hydrogens is 272 g/mol. The number of likely N-dealkylation sites (tertiary alicyclic amines) is 1. The zero-order valence-electron chi connectivity index (χ0n) is 12.4. The summed E-state index contributed by atoms with van der Waals surface area (Å²) >= 11 is 0. The first-order chi connectivity index (χ1) is 9.11. The number of hydrogen-bond donors (Lipinski definition) is 1. The molecule has 1 saturated heterocycles. The zero-order chi connectivity index (χ0) is 13.8. The van der Waals surface area contributed by atoms with E-state index in [9.17, 15) is 4.79 Å². The lowest BCUT2D eigenvalue weighted by molar-refractivity contribution is 0.0605. The monoisotopic (exact) mass is 296 g/mol. The van der Waals surface area contributed by atoms with E-state index in [4.69, 9.17) is 5.73 Å². The molecule has 0 bridgehead atoms. The predicted octanol–water partition coefficient (Wildman–Crippen LogP) is 3.07. The van der Waals surface area contributed by atoms with E-state index in [2.05, 4.69) is 6.07 Å². The van der Waals surface area contributed by atoms with Gasteiger partial charge in [-0.1, -0.05) is 17.2 Å². The summed E-state index contributed by atoms with van der Waals surface area (Å²) in [5.41, 5.74) is 8.79. The van der Waals surface area contributed by atoms with Gasteiger partial charge in [0.05, 0.1) is 0 Å². The minimum Gasteiger partial charge on any atom is -0.336 e. The van der Waals surface area contributed by atoms with Crippen molar-refractivity contribution in [3.8, 4) is 0 Å². The molecule has 1 atom stereocenters. The number of rotatable bonds is 3. The van der Waals surface area contributed by atoms with Gasteiger partial charge in [0.25, 0.3) is 5.91 Å². The summed E-state index contributed by atoms with van der Waals surface area (Å²) in [6.07, 6.45) is 4.32. The second-order valence-corrected chi connectivity index (χ2v) is 5.60. The SMILES string of the molecule is Cc1cc(C)cc(C(=O)N2CCCCC2CCN)c1.Cl. The van der Waals surface area contributed by atoms with E-state index in [0.717, 1.165) is 42.5 Å². The molecule has 20 heavy (non-hydrogen) atoms. The van der Waals surface area contributed by atoms with Crippen molar-refractivity contribution in [1.29, 1.82) is 0 Å². The fourth-order valence-corrected chi connectivity index (χ4v) is 3.02. The molecular formula is C16H25ClN2O. The van der Waals surface area contributed by atoms with Gasteiger partial charge in [0.1, 0.15) is 0 Å². The molecule has 1 heterocycles. The molecule has 0 spiro atoms. The van der Waals surface area contributed by atoms with E-state index < -0.39 is 0 Å². The fourth-order valence-electron chi connectivity index (χ4n) is 3.02. The average Bonchev–Trinajstić information content (AvgIpc) is 2.38. The summed E-state index contributed by atoms with van der Waals surface area (Å²) in [6.45, 7) is 5.60. The Morgan fingerprint density at radius 1 is 1.25 bits per heavy atom. The van der Waals surface area contributed by atoms with Crippen molar-refractivity contribution in [2.75, 3.05) is 13.1 Å². The highest BCUT2D eigenvalue weighted by Crippen LogP contribution is 2.22. The van der Waals surface area contributed by atoms with Gasteiger partial charge in [-0.2, -0.15) is 0 Å². The first-order valence-electron chi connectivity index (χ1n) is 7.21. The molecule has 1 unspecified atom stereocenters. The van der Waals surface area contributed by atoms with Gasteiger partial charge < -0.3 is 10.6 Å². The number of halogens is 1. The average molecular weight is 297 g/mol. The Labute approximate surface area is 127 Å². The minimum absolute atomic E-state index is 0. The smallest absolute Gasteiger partial charge is 0.254 e. The molecule has 0 aromatic heterocycles. The molecule has 1 aromatic rings. The molecule has 3 nitrogen and oxygen atoms in total. The standard InChI is InChI=1S/C16H24N2O.ClH/c1-12-9-13(2)11-14(10-12)16(19)18-8-4-3-5-15(18)6-7-17;/h9-11,15H,3-8,17H2,1-2H3;1H. The van der Waals surface area contributed by atoms with E-state index in [1.807, 2.05) is 30.9 Å². The number of nitrogens with zero attached hydrogens (tertiary/aromatic N) is 1. The number of benzene rings is 1. The Balaban J connectivity index is 0.00000200. The number of hydrogen-bond acceptors (Lipinski definition) is 2. The maximum Gasteiger partial charge on any atom is 0.254 e. The topological polar surface area (TPSA) is 46.3 Å². The minimum atomic E-state index is 0. The molecule has 1 aliphatic heterocycles. The molecule has 0 saturated carbocycles. The normalized spacial score (nSPS) is 18.6. The molecule has 1 fully saturated rings. The van der Waals surface area contributed by atoms with Gasteiger partial charge >= 0.3 is 0 Å². The van der Waals surface area contributed by atoms with E-state index in [1.165, 1.54) is 6.42 Å². The second-order valence-electron chi connectivity index (χ2n) is 5.60. The lowest BCUT2D eigenvalue weighted by Gasteiger charge is -2.36. The van der Waals surface area contributed by atoms with Crippen LogP contribution in [0.25, 0.3) is 0 Å². The number of amides is 1. The summed E-state index contributed by atoms with van der Waals surface area (Å²) in [5, 5.41) is 0. The van der Waals surface area contributed by atoms with E-state index in [-0.39, 0.29) is 18.3 Å². The Kier molecular flexibility index (Phi) is 6.50. The molecule has 2 rings (SSSR count). The van der Waals surface area contributed by atoms with Crippen LogP contribution in [-0.4, -0.2) is 29.9 Å². The molecule has 0 radical (unpaired) electrons. The first kappa shape index (κ1) is 17.0. The summed E-state index contributed by atoms with van der Waals surface area (Å²) in [7, 11) is 0. The van der Waals surface area contributed by atoms with Crippen LogP contribution < -0.4 is 5.73 Å². The van der Waals surface area contributed by atoms with Gasteiger partial charge in [0, 0.05) is 18.2 Å². The van der Waals surface area contributed by atoms with Crippen molar-refractivity contribution >= 4 is 18.3 Å². The number of piperidine rings is 1. The van der Waals surface area contributed by atoms with Crippen LogP contribution >= 0.6 is 12.4 Å². The van der Waals surface area contributed by atoms with Gasteiger partial charge in [-0.3, -0.25) is 4.79 Å². The van der Waals surface area contributed by atoms with Gasteiger partial charge in [-0.25, -0.2) is 0 Å². The third kappa shape index (κ3) is 3.97. The van der Waals surface area contributed by atoms with Crippen LogP contribution in [0.15, 0.2) is 18.2 Å². The predicted molar refractivity (Wildman–Crippen MR) is 85.5 cm³/mol. The molecule has 112 valence electrons. The van der Waals surface area contributed by atoms with Crippen molar-refractivity contribution in [3.05, 3.63) is 34.9 Å². The summed E-state index contributed by atoms with van der Waals surface area (Å²) < 4.78 is 0. The number of nitrogens with two attached hydrogens (primary N) is 1. The maximum absolute atomic E-state index is 12.7. The van der Waals surface area contributed by atoms with Crippen LogP contribution in [0.3, 0.4) is 0 Å². The molecule has 1 amide bonds. The molecule has 4 heteroatoms. The maximum atomic E-state index is 12.7. The quantitative estimate of drug-likeness (QED) is 0.932. The number of carbonyl (C=O) groups is 1. The lowest BCUT2D eigenvalue weighted by Crippen LogP contribution is -2.44. The summed E-state index contributed by atoms with van der Waals surface area (Å²) in [4.78, 5) is 14.7. The summed E-state index contributed by atoms with van der Waals surface area (Å²) in [6, 6.07) is 6.41. The van der Waals surface area contributed by atoms with E-state index in [1.54, 1.807) is 0 Å². The van der Waals surface area contributed by atoms with Crippen molar-refractivity contribution < 1.29 is 4.79 Å². The van der Waals surface area contributed by atoms with Gasteiger partial charge in [-0.05, 0) is 58.2 Å². The van der Waals surface area contributed by atoms with Gasteiger partial charge in [0.2, 0.25) is 0 Å². The third-order valence-electron chi connectivity index (χ3n) is 3.86. The Morgan fingerprint density at radius 2 is 1.90 bits per heavy atom. The zero-order valence-corrected chi connectivity index (χ0v) is 13.2. The van der Waals surface area contributed by atoms with Crippen LogP contribution in [0, 0.1) is 13.8 Å². The molecule has 1 aliphatic rings. The van der Waals surface area contributed by atoms with Crippen LogP contribution in [0.4, 0.5) is 0 Å². The van der Waals surface area contributed by atoms with Crippen LogP contribution in [-0.2, 0) is 0 Å². The van der Waals surface area contributed by atoms with Crippen molar-refractivity contribution in [2.45, 2.75) is 45.6 Å².